The highest BCUT2D eigenvalue weighted by atomic mass is 35.5. The third-order valence-corrected chi connectivity index (χ3v) is 4.95. The average Bonchev–Trinajstić information content (AvgIpc) is 3.09. The molecule has 2 aromatic heterocycles. The number of halogens is 6. The van der Waals surface area contributed by atoms with E-state index >= 15 is 0 Å². The number of hydrogen-bond acceptors (Lipinski definition) is 4. The van der Waals surface area contributed by atoms with Crippen LogP contribution in [0.5, 0.6) is 11.6 Å². The van der Waals surface area contributed by atoms with E-state index < -0.39 is 23.4 Å². The summed E-state index contributed by atoms with van der Waals surface area (Å²) in [6.45, 7) is 0. The molecule has 0 aliphatic carbocycles. The first-order valence-electron chi connectivity index (χ1n) is 9.45. The second kappa shape index (κ2) is 8.78. The topological polar surface area (TPSA) is 52.8 Å². The second-order valence-electron chi connectivity index (χ2n) is 7.00. The minimum absolute atomic E-state index is 0.0638. The molecule has 0 atom stereocenters. The SMILES string of the molecule is Cn1nc(-c2c(F)cccc2F)nc1Cc1ccc(Oc2ncc(C(F)(F)F)cc2Cl)cc1. The maximum Gasteiger partial charge on any atom is 0.417 e. The van der Waals surface area contributed by atoms with Gasteiger partial charge in [0.15, 0.2) is 5.82 Å². The largest absolute Gasteiger partial charge is 0.438 e. The van der Waals surface area contributed by atoms with Gasteiger partial charge in [0, 0.05) is 19.7 Å². The zero-order chi connectivity index (χ0) is 23.8. The van der Waals surface area contributed by atoms with Gasteiger partial charge in [0.2, 0.25) is 5.88 Å². The Morgan fingerprint density at radius 1 is 1.03 bits per heavy atom. The van der Waals surface area contributed by atoms with E-state index in [0.29, 0.717) is 24.2 Å². The zero-order valence-electron chi connectivity index (χ0n) is 16.9. The first-order chi connectivity index (χ1) is 15.6. The number of benzene rings is 2. The molecule has 0 spiro atoms. The van der Waals surface area contributed by atoms with Gasteiger partial charge >= 0.3 is 6.18 Å². The maximum atomic E-state index is 14.0. The van der Waals surface area contributed by atoms with E-state index in [0.717, 1.165) is 23.8 Å². The van der Waals surface area contributed by atoms with Crippen molar-refractivity contribution in [2.45, 2.75) is 12.6 Å². The van der Waals surface area contributed by atoms with Gasteiger partial charge in [0.05, 0.1) is 11.1 Å². The van der Waals surface area contributed by atoms with Crippen molar-refractivity contribution in [3.63, 3.8) is 0 Å². The second-order valence-corrected chi connectivity index (χ2v) is 7.41. The van der Waals surface area contributed by atoms with E-state index in [1.54, 1.807) is 31.3 Å². The summed E-state index contributed by atoms with van der Waals surface area (Å²) < 4.78 is 73.1. The van der Waals surface area contributed by atoms with Crippen LogP contribution >= 0.6 is 11.6 Å². The fourth-order valence-electron chi connectivity index (χ4n) is 3.01. The summed E-state index contributed by atoms with van der Waals surface area (Å²) in [7, 11) is 1.61. The van der Waals surface area contributed by atoms with Crippen LogP contribution in [0.4, 0.5) is 22.0 Å². The number of ether oxygens (including phenoxy) is 1. The Morgan fingerprint density at radius 2 is 1.70 bits per heavy atom. The molecule has 0 aliphatic rings. The van der Waals surface area contributed by atoms with Crippen LogP contribution in [0.15, 0.2) is 54.7 Å². The molecule has 0 saturated heterocycles. The molecule has 0 bridgehead atoms. The first-order valence-corrected chi connectivity index (χ1v) is 9.83. The zero-order valence-corrected chi connectivity index (χ0v) is 17.6. The van der Waals surface area contributed by atoms with Crippen LogP contribution in [0, 0.1) is 11.6 Å². The standard InChI is InChI=1S/C22H14ClF5N4O/c1-32-18(30-20(31-32)19-16(24)3-2-4-17(19)25)9-12-5-7-14(8-6-12)33-21-15(23)10-13(11-29-21)22(26,27)28/h2-8,10-11H,9H2,1H3. The summed E-state index contributed by atoms with van der Waals surface area (Å²) in [6, 6.07) is 10.8. The van der Waals surface area contributed by atoms with Gasteiger partial charge in [-0.3, -0.25) is 4.68 Å². The fourth-order valence-corrected chi connectivity index (χ4v) is 3.22. The molecule has 2 aromatic carbocycles. The number of aromatic nitrogens is 4. The molecule has 5 nitrogen and oxygen atoms in total. The first kappa shape index (κ1) is 22.7. The number of hydrogen-bond donors (Lipinski definition) is 0. The maximum absolute atomic E-state index is 14.0. The van der Waals surface area contributed by atoms with Crippen LogP contribution in [0.25, 0.3) is 11.4 Å². The molecule has 0 saturated carbocycles. The summed E-state index contributed by atoms with van der Waals surface area (Å²) in [5.74, 6) is -0.976. The number of nitrogens with zero attached hydrogens (tertiary/aromatic N) is 4. The Morgan fingerprint density at radius 3 is 2.30 bits per heavy atom. The summed E-state index contributed by atoms with van der Waals surface area (Å²) in [5.41, 5.74) is -0.498. The van der Waals surface area contributed by atoms with Gasteiger partial charge in [-0.05, 0) is 35.9 Å². The van der Waals surface area contributed by atoms with E-state index in [9.17, 15) is 22.0 Å². The lowest BCUT2D eigenvalue weighted by atomic mass is 10.1. The van der Waals surface area contributed by atoms with Gasteiger partial charge in [-0.2, -0.15) is 18.3 Å². The van der Waals surface area contributed by atoms with Gasteiger partial charge in [-0.15, -0.1) is 0 Å². The highest BCUT2D eigenvalue weighted by molar-refractivity contribution is 6.31. The van der Waals surface area contributed by atoms with E-state index in [4.69, 9.17) is 16.3 Å². The van der Waals surface area contributed by atoms with Gasteiger partial charge in [-0.1, -0.05) is 29.8 Å². The van der Waals surface area contributed by atoms with Crippen LogP contribution in [0.2, 0.25) is 5.02 Å². The fraction of sp³-hybridized carbons (Fsp3) is 0.136. The Bertz CT molecular complexity index is 1290. The number of pyridine rings is 1. The van der Waals surface area contributed by atoms with Crippen molar-refractivity contribution in [2.24, 2.45) is 7.05 Å². The molecule has 4 rings (SSSR count). The molecular formula is C22H14ClF5N4O. The van der Waals surface area contributed by atoms with Crippen LogP contribution in [-0.2, 0) is 19.6 Å². The van der Waals surface area contributed by atoms with E-state index in [2.05, 4.69) is 15.1 Å². The average molecular weight is 481 g/mol. The van der Waals surface area contributed by atoms with Crippen molar-refractivity contribution in [3.05, 3.63) is 88.3 Å². The van der Waals surface area contributed by atoms with Gasteiger partial charge < -0.3 is 4.74 Å². The van der Waals surface area contributed by atoms with Crippen molar-refractivity contribution in [2.75, 3.05) is 0 Å². The number of aryl methyl sites for hydroxylation is 1. The molecule has 11 heteroatoms. The molecular weight excluding hydrogens is 467 g/mol. The third-order valence-electron chi connectivity index (χ3n) is 4.67. The lowest BCUT2D eigenvalue weighted by Gasteiger charge is -2.10. The molecule has 0 amide bonds. The normalized spacial score (nSPS) is 11.6. The quantitative estimate of drug-likeness (QED) is 0.319. The third kappa shape index (κ3) is 4.95. The number of rotatable bonds is 5. The van der Waals surface area contributed by atoms with Crippen molar-refractivity contribution >= 4 is 11.6 Å². The smallest absolute Gasteiger partial charge is 0.417 e. The summed E-state index contributed by atoms with van der Waals surface area (Å²) in [5, 5.41) is 3.83. The lowest BCUT2D eigenvalue weighted by Crippen LogP contribution is -2.05. The van der Waals surface area contributed by atoms with Crippen LogP contribution in [0.1, 0.15) is 17.0 Å². The van der Waals surface area contributed by atoms with Crippen molar-refractivity contribution in [3.8, 4) is 23.0 Å². The molecule has 0 aliphatic heterocycles. The Kier molecular flexibility index (Phi) is 6.03. The van der Waals surface area contributed by atoms with E-state index in [1.165, 1.54) is 10.7 Å². The molecule has 33 heavy (non-hydrogen) atoms. The van der Waals surface area contributed by atoms with Crippen molar-refractivity contribution < 1.29 is 26.7 Å². The molecule has 2 heterocycles. The lowest BCUT2D eigenvalue weighted by molar-refractivity contribution is -0.137. The molecule has 0 fully saturated rings. The van der Waals surface area contributed by atoms with Crippen LogP contribution in [0.3, 0.4) is 0 Å². The van der Waals surface area contributed by atoms with Crippen molar-refractivity contribution in [1.82, 2.24) is 19.7 Å². The number of alkyl halides is 3. The molecule has 4 aromatic rings. The van der Waals surface area contributed by atoms with E-state index in [1.807, 2.05) is 0 Å². The van der Waals surface area contributed by atoms with Gasteiger partial charge in [0.1, 0.15) is 28.2 Å². The minimum Gasteiger partial charge on any atom is -0.438 e. The highest BCUT2D eigenvalue weighted by Crippen LogP contribution is 2.34. The molecule has 0 radical (unpaired) electrons. The molecule has 0 N–H and O–H groups in total. The molecule has 170 valence electrons. The molecule has 0 unspecified atom stereocenters. The van der Waals surface area contributed by atoms with Crippen LogP contribution < -0.4 is 4.74 Å². The minimum atomic E-state index is -4.56. The van der Waals surface area contributed by atoms with Gasteiger partial charge in [-0.25, -0.2) is 18.7 Å². The Hall–Kier alpha value is -3.53. The predicted octanol–water partition coefficient (Wildman–Crippen LogP) is 6.21. The predicted molar refractivity (Wildman–Crippen MR) is 110 cm³/mol. The summed E-state index contributed by atoms with van der Waals surface area (Å²) >= 11 is 5.86. The summed E-state index contributed by atoms with van der Waals surface area (Å²) in [4.78, 5) is 7.88. The Balaban J connectivity index is 1.49. The highest BCUT2D eigenvalue weighted by Gasteiger charge is 2.31. The Labute approximate surface area is 189 Å². The summed E-state index contributed by atoms with van der Waals surface area (Å²) in [6.07, 6.45) is -3.62. The van der Waals surface area contributed by atoms with Gasteiger partial charge in [0.25, 0.3) is 0 Å². The monoisotopic (exact) mass is 480 g/mol. The van der Waals surface area contributed by atoms with Crippen molar-refractivity contribution in [1.29, 1.82) is 0 Å². The van der Waals surface area contributed by atoms with E-state index in [-0.39, 0.29) is 22.3 Å². The van der Waals surface area contributed by atoms with Crippen LogP contribution in [-0.4, -0.2) is 19.7 Å².